The van der Waals surface area contributed by atoms with Crippen molar-refractivity contribution in [2.45, 2.75) is 32.2 Å². The molecule has 0 aromatic heterocycles. The van der Waals surface area contributed by atoms with E-state index in [4.69, 9.17) is 5.11 Å². The van der Waals surface area contributed by atoms with Crippen LogP contribution in [0.4, 0.5) is 0 Å². The summed E-state index contributed by atoms with van der Waals surface area (Å²) >= 11 is 0. The van der Waals surface area contributed by atoms with Crippen LogP contribution in [0.1, 0.15) is 36.8 Å². The lowest BCUT2D eigenvalue weighted by atomic mass is 9.99. The lowest BCUT2D eigenvalue weighted by molar-refractivity contribution is -0.142. The predicted octanol–water partition coefficient (Wildman–Crippen LogP) is 2.72. The third kappa shape index (κ3) is 2.81. The number of carbonyl (C=O) groups is 1. The number of nitrogens with zero attached hydrogens (tertiary/aromatic N) is 1. The highest BCUT2D eigenvalue weighted by molar-refractivity contribution is 5.71. The molecule has 2 fully saturated rings. The van der Waals surface area contributed by atoms with Crippen LogP contribution in [-0.4, -0.2) is 29.1 Å². The van der Waals surface area contributed by atoms with Crippen molar-refractivity contribution >= 4 is 5.97 Å². The van der Waals surface area contributed by atoms with E-state index in [2.05, 4.69) is 29.2 Å². The second-order valence-electron chi connectivity index (χ2n) is 6.13. The van der Waals surface area contributed by atoms with Crippen molar-refractivity contribution in [3.05, 3.63) is 35.4 Å². The Balaban J connectivity index is 1.60. The van der Waals surface area contributed by atoms with Crippen molar-refractivity contribution in [3.8, 4) is 0 Å². The van der Waals surface area contributed by atoms with Gasteiger partial charge in [-0.05, 0) is 35.8 Å². The summed E-state index contributed by atoms with van der Waals surface area (Å²) in [5.74, 6) is 0.199. The average Bonchev–Trinajstić information content (AvgIpc) is 3.15. The summed E-state index contributed by atoms with van der Waals surface area (Å²) in [6, 6.07) is 8.88. The first-order chi connectivity index (χ1) is 9.13. The van der Waals surface area contributed by atoms with E-state index in [1.165, 1.54) is 24.0 Å². The van der Waals surface area contributed by atoms with Crippen LogP contribution in [0, 0.1) is 11.8 Å². The van der Waals surface area contributed by atoms with Crippen molar-refractivity contribution in [1.29, 1.82) is 0 Å². The Labute approximate surface area is 114 Å². The van der Waals surface area contributed by atoms with Crippen LogP contribution in [-0.2, 0) is 11.3 Å². The summed E-state index contributed by atoms with van der Waals surface area (Å²) in [6.45, 7) is 4.48. The highest BCUT2D eigenvalue weighted by Gasteiger charge is 2.34. The van der Waals surface area contributed by atoms with Crippen molar-refractivity contribution in [1.82, 2.24) is 4.90 Å². The molecule has 19 heavy (non-hydrogen) atoms. The summed E-state index contributed by atoms with van der Waals surface area (Å²) in [7, 11) is 0. The third-order valence-electron chi connectivity index (χ3n) is 4.44. The Morgan fingerprint density at radius 3 is 2.47 bits per heavy atom. The van der Waals surface area contributed by atoms with Gasteiger partial charge < -0.3 is 5.11 Å². The SMILES string of the molecule is C[C@@H]1CN(Cc2ccc(C3CC3)cc2)C[C@H]1C(=O)O. The molecule has 1 aromatic rings. The van der Waals surface area contributed by atoms with Crippen molar-refractivity contribution < 1.29 is 9.90 Å². The lowest BCUT2D eigenvalue weighted by Gasteiger charge is -2.15. The Morgan fingerprint density at radius 2 is 1.95 bits per heavy atom. The van der Waals surface area contributed by atoms with Gasteiger partial charge in [-0.3, -0.25) is 9.69 Å². The minimum Gasteiger partial charge on any atom is -0.481 e. The fourth-order valence-corrected chi connectivity index (χ4v) is 3.09. The van der Waals surface area contributed by atoms with Crippen molar-refractivity contribution in [3.63, 3.8) is 0 Å². The van der Waals surface area contributed by atoms with Crippen LogP contribution in [0.15, 0.2) is 24.3 Å². The van der Waals surface area contributed by atoms with Crippen LogP contribution in [0.5, 0.6) is 0 Å². The third-order valence-corrected chi connectivity index (χ3v) is 4.44. The van der Waals surface area contributed by atoms with Gasteiger partial charge >= 0.3 is 5.97 Å². The molecule has 1 N–H and O–H groups in total. The molecule has 1 aromatic carbocycles. The summed E-state index contributed by atoms with van der Waals surface area (Å²) in [6.07, 6.45) is 2.67. The second-order valence-corrected chi connectivity index (χ2v) is 6.13. The fourth-order valence-electron chi connectivity index (χ4n) is 3.09. The zero-order valence-corrected chi connectivity index (χ0v) is 11.4. The molecule has 0 spiro atoms. The molecule has 0 bridgehead atoms. The summed E-state index contributed by atoms with van der Waals surface area (Å²) < 4.78 is 0. The molecular weight excluding hydrogens is 238 g/mol. The summed E-state index contributed by atoms with van der Waals surface area (Å²) in [5.41, 5.74) is 2.75. The van der Waals surface area contributed by atoms with E-state index in [9.17, 15) is 4.79 Å². The van der Waals surface area contributed by atoms with Gasteiger partial charge in [-0.2, -0.15) is 0 Å². The summed E-state index contributed by atoms with van der Waals surface area (Å²) in [4.78, 5) is 13.4. The van der Waals surface area contributed by atoms with E-state index >= 15 is 0 Å². The van der Waals surface area contributed by atoms with Gasteiger partial charge in [0, 0.05) is 19.6 Å². The van der Waals surface area contributed by atoms with Crippen molar-refractivity contribution in [2.75, 3.05) is 13.1 Å². The number of carboxylic acid groups (broad SMARTS) is 1. The molecule has 1 heterocycles. The Bertz CT molecular complexity index is 464. The van der Waals surface area contributed by atoms with Crippen LogP contribution in [0.3, 0.4) is 0 Å². The molecule has 102 valence electrons. The van der Waals surface area contributed by atoms with Crippen molar-refractivity contribution in [2.24, 2.45) is 11.8 Å². The van der Waals surface area contributed by atoms with Gasteiger partial charge in [0.1, 0.15) is 0 Å². The minimum atomic E-state index is -0.654. The van der Waals surface area contributed by atoms with E-state index < -0.39 is 5.97 Å². The van der Waals surface area contributed by atoms with E-state index in [0.29, 0.717) is 6.54 Å². The fraction of sp³-hybridized carbons (Fsp3) is 0.562. The Morgan fingerprint density at radius 1 is 1.26 bits per heavy atom. The number of aliphatic carboxylic acids is 1. The van der Waals surface area contributed by atoms with Gasteiger partial charge in [0.15, 0.2) is 0 Å². The van der Waals surface area contributed by atoms with Gasteiger partial charge in [-0.25, -0.2) is 0 Å². The van der Waals surface area contributed by atoms with E-state index in [0.717, 1.165) is 19.0 Å². The van der Waals surface area contributed by atoms with E-state index in [1.54, 1.807) is 0 Å². The molecule has 3 rings (SSSR count). The molecule has 1 saturated heterocycles. The normalized spacial score (nSPS) is 27.6. The van der Waals surface area contributed by atoms with E-state index in [1.807, 2.05) is 6.92 Å². The van der Waals surface area contributed by atoms with E-state index in [-0.39, 0.29) is 11.8 Å². The number of hydrogen-bond acceptors (Lipinski definition) is 2. The topological polar surface area (TPSA) is 40.5 Å². The predicted molar refractivity (Wildman–Crippen MR) is 74.0 cm³/mol. The maximum Gasteiger partial charge on any atom is 0.308 e. The van der Waals surface area contributed by atoms with Gasteiger partial charge in [0.05, 0.1) is 5.92 Å². The minimum absolute atomic E-state index is 0.203. The van der Waals surface area contributed by atoms with Crippen LogP contribution in [0.2, 0.25) is 0 Å². The standard InChI is InChI=1S/C16H21NO2/c1-11-8-17(10-15(11)16(18)19)9-12-2-4-13(5-3-12)14-6-7-14/h2-5,11,14-15H,6-10H2,1H3,(H,18,19)/t11-,15-/m1/s1. The Kier molecular flexibility index (Phi) is 3.31. The molecule has 1 saturated carbocycles. The second kappa shape index (κ2) is 4.97. The van der Waals surface area contributed by atoms with Crippen LogP contribution >= 0.6 is 0 Å². The molecule has 0 unspecified atom stereocenters. The first-order valence-corrected chi connectivity index (χ1v) is 7.17. The maximum absolute atomic E-state index is 11.1. The maximum atomic E-state index is 11.1. The number of benzene rings is 1. The zero-order valence-electron chi connectivity index (χ0n) is 11.4. The molecule has 1 aliphatic carbocycles. The van der Waals surface area contributed by atoms with Gasteiger partial charge in [-0.15, -0.1) is 0 Å². The zero-order chi connectivity index (χ0) is 13.4. The monoisotopic (exact) mass is 259 g/mol. The smallest absolute Gasteiger partial charge is 0.308 e. The van der Waals surface area contributed by atoms with Gasteiger partial charge in [0.25, 0.3) is 0 Å². The van der Waals surface area contributed by atoms with Gasteiger partial charge in [0.2, 0.25) is 0 Å². The molecule has 2 atom stereocenters. The highest BCUT2D eigenvalue weighted by Crippen LogP contribution is 2.40. The first-order valence-electron chi connectivity index (χ1n) is 7.17. The number of carboxylic acids is 1. The molecule has 2 aliphatic rings. The average molecular weight is 259 g/mol. The molecule has 0 radical (unpaired) electrons. The largest absolute Gasteiger partial charge is 0.481 e. The number of rotatable bonds is 4. The lowest BCUT2D eigenvalue weighted by Crippen LogP contribution is -2.23. The molecule has 1 aliphatic heterocycles. The highest BCUT2D eigenvalue weighted by atomic mass is 16.4. The number of hydrogen-bond donors (Lipinski definition) is 1. The molecule has 0 amide bonds. The molecule has 3 nitrogen and oxygen atoms in total. The Hall–Kier alpha value is -1.35. The van der Waals surface area contributed by atoms with Crippen LogP contribution in [0.25, 0.3) is 0 Å². The summed E-state index contributed by atoms with van der Waals surface area (Å²) in [5, 5.41) is 9.15. The first kappa shape index (κ1) is 12.7. The molecule has 3 heteroatoms. The number of likely N-dealkylation sites (tertiary alicyclic amines) is 1. The van der Waals surface area contributed by atoms with Gasteiger partial charge in [-0.1, -0.05) is 31.2 Å². The van der Waals surface area contributed by atoms with Crippen LogP contribution < -0.4 is 0 Å². The molecular formula is C16H21NO2. The quantitative estimate of drug-likeness (QED) is 0.903.